The molecule has 1 aromatic rings. The molecule has 0 unspecified atom stereocenters. The van der Waals surface area contributed by atoms with Crippen molar-refractivity contribution in [2.75, 3.05) is 25.4 Å². The zero-order valence-electron chi connectivity index (χ0n) is 16.2. The number of thioether (sulfide) groups is 1. The normalized spacial score (nSPS) is 22.5. The van der Waals surface area contributed by atoms with Gasteiger partial charge >= 0.3 is 6.03 Å². The van der Waals surface area contributed by atoms with Crippen LogP contribution in [0.1, 0.15) is 55.3 Å². The fourth-order valence-electron chi connectivity index (χ4n) is 4.66. The summed E-state index contributed by atoms with van der Waals surface area (Å²) in [5.74, 6) is 0.994. The molecule has 0 atom stereocenters. The van der Waals surface area contributed by atoms with Crippen molar-refractivity contribution in [2.24, 2.45) is 0 Å². The number of urea groups is 1. The quantitative estimate of drug-likeness (QED) is 0.771. The van der Waals surface area contributed by atoms with Crippen LogP contribution in [0.25, 0.3) is 0 Å². The van der Waals surface area contributed by atoms with Crippen LogP contribution >= 0.6 is 23.4 Å². The zero-order chi connectivity index (χ0) is 19.6. The van der Waals surface area contributed by atoms with Crippen LogP contribution in [0, 0.1) is 0 Å². The summed E-state index contributed by atoms with van der Waals surface area (Å²) < 4.78 is 0. The second-order valence-corrected chi connectivity index (χ2v) is 9.93. The Morgan fingerprint density at radius 3 is 2.57 bits per heavy atom. The van der Waals surface area contributed by atoms with E-state index in [4.69, 9.17) is 11.6 Å². The summed E-state index contributed by atoms with van der Waals surface area (Å²) in [6, 6.07) is 7.58. The fraction of sp³-hybridized carbons (Fsp3) is 0.619. The lowest BCUT2D eigenvalue weighted by Gasteiger charge is -2.44. The van der Waals surface area contributed by atoms with Gasteiger partial charge in [0.25, 0.3) is 5.91 Å². The van der Waals surface area contributed by atoms with Gasteiger partial charge < -0.3 is 15.1 Å². The average molecular weight is 422 g/mol. The number of likely N-dealkylation sites (tertiary alicyclic amines) is 1. The van der Waals surface area contributed by atoms with Gasteiger partial charge in [-0.25, -0.2) is 4.79 Å². The lowest BCUT2D eigenvalue weighted by atomic mass is 9.95. The molecule has 2 saturated heterocycles. The minimum Gasteiger partial charge on any atom is -0.335 e. The van der Waals surface area contributed by atoms with Gasteiger partial charge in [-0.3, -0.25) is 4.79 Å². The predicted molar refractivity (Wildman–Crippen MR) is 114 cm³/mol. The van der Waals surface area contributed by atoms with E-state index in [1.165, 1.54) is 19.3 Å². The van der Waals surface area contributed by atoms with Crippen molar-refractivity contribution >= 4 is 35.3 Å². The molecule has 3 aliphatic rings. The molecule has 4 rings (SSSR count). The molecule has 28 heavy (non-hydrogen) atoms. The van der Waals surface area contributed by atoms with Gasteiger partial charge in [0.05, 0.1) is 4.87 Å². The molecule has 0 radical (unpaired) electrons. The van der Waals surface area contributed by atoms with Gasteiger partial charge in [0.1, 0.15) is 0 Å². The number of piperidine rings is 1. The van der Waals surface area contributed by atoms with Crippen LogP contribution in [0.4, 0.5) is 4.79 Å². The lowest BCUT2D eigenvalue weighted by Crippen LogP contribution is -2.56. The molecule has 1 saturated carbocycles. The standard InChI is InChI=1S/C21H28ClN3O2S/c22-17-6-4-5-16(15-17)19(26)25-13-14-28-21(25)9-11-24(12-10-21)20(27)23-18-7-2-1-3-8-18/h4-6,15,18H,1-3,7-14H2,(H,23,27). The smallest absolute Gasteiger partial charge is 0.317 e. The number of halogens is 1. The summed E-state index contributed by atoms with van der Waals surface area (Å²) in [6.45, 7) is 2.15. The van der Waals surface area contributed by atoms with Crippen molar-refractivity contribution in [3.8, 4) is 0 Å². The molecule has 1 aliphatic carbocycles. The number of benzene rings is 1. The maximum atomic E-state index is 13.1. The van der Waals surface area contributed by atoms with E-state index in [1.807, 2.05) is 33.7 Å². The van der Waals surface area contributed by atoms with E-state index in [9.17, 15) is 9.59 Å². The van der Waals surface area contributed by atoms with E-state index in [-0.39, 0.29) is 16.8 Å². The Labute approximate surface area is 176 Å². The summed E-state index contributed by atoms with van der Waals surface area (Å²) in [4.78, 5) is 29.5. The highest BCUT2D eigenvalue weighted by Gasteiger charge is 2.47. The third-order valence-corrected chi connectivity index (χ3v) is 8.05. The largest absolute Gasteiger partial charge is 0.335 e. The van der Waals surface area contributed by atoms with E-state index in [2.05, 4.69) is 5.32 Å². The molecule has 2 heterocycles. The number of hydrogen-bond donors (Lipinski definition) is 1. The van der Waals surface area contributed by atoms with Crippen LogP contribution in [0.3, 0.4) is 0 Å². The highest BCUT2D eigenvalue weighted by atomic mass is 35.5. The Kier molecular flexibility index (Phi) is 6.07. The summed E-state index contributed by atoms with van der Waals surface area (Å²) in [6.07, 6.45) is 7.55. The van der Waals surface area contributed by atoms with E-state index in [0.717, 1.165) is 38.0 Å². The van der Waals surface area contributed by atoms with Gasteiger partial charge in [0, 0.05) is 42.0 Å². The summed E-state index contributed by atoms with van der Waals surface area (Å²) in [5, 5.41) is 3.80. The first-order valence-electron chi connectivity index (χ1n) is 10.3. The maximum absolute atomic E-state index is 13.1. The first-order valence-corrected chi connectivity index (χ1v) is 11.7. The molecule has 1 N–H and O–H groups in total. The van der Waals surface area contributed by atoms with Gasteiger partial charge in [0.2, 0.25) is 0 Å². The van der Waals surface area contributed by atoms with E-state index >= 15 is 0 Å². The number of amides is 3. The highest BCUT2D eigenvalue weighted by Crippen LogP contribution is 2.44. The Bertz CT molecular complexity index is 730. The molecule has 7 heteroatoms. The Morgan fingerprint density at radius 1 is 1.11 bits per heavy atom. The second kappa shape index (κ2) is 8.54. The minimum atomic E-state index is -0.193. The summed E-state index contributed by atoms with van der Waals surface area (Å²) in [7, 11) is 0. The molecular weight excluding hydrogens is 394 g/mol. The molecule has 2 aliphatic heterocycles. The molecule has 3 amide bonds. The molecule has 1 aromatic carbocycles. The Balaban J connectivity index is 1.38. The van der Waals surface area contributed by atoms with Gasteiger partial charge in [-0.2, -0.15) is 0 Å². The maximum Gasteiger partial charge on any atom is 0.317 e. The molecule has 5 nitrogen and oxygen atoms in total. The van der Waals surface area contributed by atoms with Crippen LogP contribution in [-0.2, 0) is 0 Å². The second-order valence-electron chi connectivity index (χ2n) is 8.03. The van der Waals surface area contributed by atoms with E-state index in [1.54, 1.807) is 12.1 Å². The van der Waals surface area contributed by atoms with Crippen molar-refractivity contribution in [1.82, 2.24) is 15.1 Å². The fourth-order valence-corrected chi connectivity index (χ4v) is 6.30. The van der Waals surface area contributed by atoms with Crippen LogP contribution < -0.4 is 5.32 Å². The van der Waals surface area contributed by atoms with Gasteiger partial charge in [0.15, 0.2) is 0 Å². The molecule has 0 aromatic heterocycles. The molecule has 0 bridgehead atoms. The number of hydrogen-bond acceptors (Lipinski definition) is 3. The lowest BCUT2D eigenvalue weighted by molar-refractivity contribution is 0.0579. The minimum absolute atomic E-state index is 0.0487. The number of carbonyl (C=O) groups excluding carboxylic acids is 2. The van der Waals surface area contributed by atoms with Crippen molar-refractivity contribution in [3.05, 3.63) is 34.9 Å². The van der Waals surface area contributed by atoms with E-state index < -0.39 is 0 Å². The molecule has 3 fully saturated rings. The van der Waals surface area contributed by atoms with Gasteiger partial charge in [-0.15, -0.1) is 11.8 Å². The van der Waals surface area contributed by atoms with Crippen molar-refractivity contribution in [1.29, 1.82) is 0 Å². The monoisotopic (exact) mass is 421 g/mol. The zero-order valence-corrected chi connectivity index (χ0v) is 17.7. The van der Waals surface area contributed by atoms with Crippen LogP contribution in [0.5, 0.6) is 0 Å². The first-order chi connectivity index (χ1) is 13.6. The predicted octanol–water partition coefficient (Wildman–Crippen LogP) is 4.36. The van der Waals surface area contributed by atoms with Crippen LogP contribution in [0.2, 0.25) is 5.02 Å². The average Bonchev–Trinajstić information content (AvgIpc) is 3.11. The summed E-state index contributed by atoms with van der Waals surface area (Å²) in [5.41, 5.74) is 0.645. The number of nitrogens with one attached hydrogen (secondary N) is 1. The first kappa shape index (κ1) is 19.9. The molecular formula is C21H28ClN3O2S. The van der Waals surface area contributed by atoms with E-state index in [0.29, 0.717) is 29.7 Å². The Morgan fingerprint density at radius 2 is 1.86 bits per heavy atom. The Hall–Kier alpha value is -1.40. The molecule has 152 valence electrons. The third-order valence-electron chi connectivity index (χ3n) is 6.26. The number of carbonyl (C=O) groups is 2. The number of rotatable bonds is 2. The highest BCUT2D eigenvalue weighted by molar-refractivity contribution is 8.00. The summed E-state index contributed by atoms with van der Waals surface area (Å²) >= 11 is 7.94. The van der Waals surface area contributed by atoms with Gasteiger partial charge in [-0.05, 0) is 43.9 Å². The number of nitrogens with zero attached hydrogens (tertiary/aromatic N) is 2. The van der Waals surface area contributed by atoms with Crippen molar-refractivity contribution in [3.63, 3.8) is 0 Å². The van der Waals surface area contributed by atoms with Crippen molar-refractivity contribution < 1.29 is 9.59 Å². The topological polar surface area (TPSA) is 52.7 Å². The van der Waals surface area contributed by atoms with Gasteiger partial charge in [-0.1, -0.05) is 36.9 Å². The van der Waals surface area contributed by atoms with Crippen LogP contribution in [0.15, 0.2) is 24.3 Å². The molecule has 1 spiro atoms. The van der Waals surface area contributed by atoms with Crippen molar-refractivity contribution in [2.45, 2.75) is 55.9 Å². The SMILES string of the molecule is O=C(NC1CCCCC1)N1CCC2(CC1)SCCN2C(=O)c1cccc(Cl)c1. The van der Waals surface area contributed by atoms with Crippen LogP contribution in [-0.4, -0.2) is 58.0 Å². The third kappa shape index (κ3) is 4.13.